The van der Waals surface area contributed by atoms with Crippen LogP contribution >= 0.6 is 11.6 Å². The number of anilines is 2. The maximum atomic E-state index is 12.2. The third-order valence-corrected chi connectivity index (χ3v) is 6.00. The maximum Gasteiger partial charge on any atom is 0.319 e. The van der Waals surface area contributed by atoms with Gasteiger partial charge in [-0.3, -0.25) is 0 Å². The molecular formula is C21H33ClN4O. The van der Waals surface area contributed by atoms with E-state index in [0.717, 1.165) is 56.9 Å². The fourth-order valence-electron chi connectivity index (χ4n) is 4.12. The molecule has 3 rings (SSSR count). The lowest BCUT2D eigenvalue weighted by atomic mass is 9.97. The third kappa shape index (κ3) is 6.01. The summed E-state index contributed by atoms with van der Waals surface area (Å²) in [6, 6.07) is 5.67. The van der Waals surface area contributed by atoms with E-state index in [-0.39, 0.29) is 6.03 Å². The number of carbonyl (C=O) groups excluding carboxylic acids is 1. The predicted molar refractivity (Wildman–Crippen MR) is 114 cm³/mol. The molecule has 2 saturated heterocycles. The summed E-state index contributed by atoms with van der Waals surface area (Å²) in [5, 5.41) is 6.65. The fourth-order valence-corrected chi connectivity index (χ4v) is 4.42. The summed E-state index contributed by atoms with van der Waals surface area (Å²) in [4.78, 5) is 17.1. The van der Waals surface area contributed by atoms with Gasteiger partial charge >= 0.3 is 6.03 Å². The van der Waals surface area contributed by atoms with Gasteiger partial charge in [0.05, 0.1) is 10.7 Å². The molecule has 1 aromatic carbocycles. The van der Waals surface area contributed by atoms with E-state index < -0.39 is 0 Å². The molecule has 1 aromatic rings. The van der Waals surface area contributed by atoms with E-state index in [4.69, 9.17) is 11.6 Å². The topological polar surface area (TPSA) is 47.6 Å². The standard InChI is InChI=1S/C21H33ClN4O/c1-2-10-25-13-8-17(9-14-25)16-23-21(27)24-18-6-7-20(19(22)15-18)26-11-4-3-5-12-26/h6-7,15,17H,2-5,8-14,16H2,1H3,(H2,23,24,27). The highest BCUT2D eigenvalue weighted by molar-refractivity contribution is 6.33. The van der Waals surface area contributed by atoms with Crippen molar-refractivity contribution in [2.24, 2.45) is 5.92 Å². The van der Waals surface area contributed by atoms with Gasteiger partial charge in [0.15, 0.2) is 0 Å². The summed E-state index contributed by atoms with van der Waals surface area (Å²) in [7, 11) is 0. The van der Waals surface area contributed by atoms with Crippen molar-refractivity contribution in [2.75, 3.05) is 49.5 Å². The second kappa shape index (κ2) is 10.2. The maximum absolute atomic E-state index is 12.2. The summed E-state index contributed by atoms with van der Waals surface area (Å²) in [6.45, 7) is 8.57. The van der Waals surface area contributed by atoms with Crippen LogP contribution < -0.4 is 15.5 Å². The van der Waals surface area contributed by atoms with Crippen molar-refractivity contribution in [3.05, 3.63) is 23.2 Å². The molecule has 5 nitrogen and oxygen atoms in total. The highest BCUT2D eigenvalue weighted by Crippen LogP contribution is 2.30. The monoisotopic (exact) mass is 392 g/mol. The molecule has 0 spiro atoms. The van der Waals surface area contributed by atoms with Crippen LogP contribution in [0.15, 0.2) is 18.2 Å². The van der Waals surface area contributed by atoms with Gasteiger partial charge in [0.25, 0.3) is 0 Å². The highest BCUT2D eigenvalue weighted by Gasteiger charge is 2.19. The van der Waals surface area contributed by atoms with Crippen LogP contribution in [0.2, 0.25) is 5.02 Å². The van der Waals surface area contributed by atoms with Crippen LogP contribution in [0.25, 0.3) is 0 Å². The Hall–Kier alpha value is -1.46. The molecule has 2 fully saturated rings. The Morgan fingerprint density at radius 2 is 1.89 bits per heavy atom. The molecule has 27 heavy (non-hydrogen) atoms. The Morgan fingerprint density at radius 1 is 1.15 bits per heavy atom. The molecule has 2 N–H and O–H groups in total. The molecule has 0 atom stereocenters. The average Bonchev–Trinajstić information content (AvgIpc) is 2.68. The first kappa shape index (κ1) is 20.3. The summed E-state index contributed by atoms with van der Waals surface area (Å²) in [5.41, 5.74) is 1.82. The number of rotatable bonds is 6. The fraction of sp³-hybridized carbons (Fsp3) is 0.667. The lowest BCUT2D eigenvalue weighted by Crippen LogP contribution is -2.40. The molecule has 0 unspecified atom stereocenters. The van der Waals surface area contributed by atoms with Crippen molar-refractivity contribution in [2.45, 2.75) is 45.4 Å². The first-order valence-electron chi connectivity index (χ1n) is 10.5. The van der Waals surface area contributed by atoms with Crippen LogP contribution in [-0.2, 0) is 0 Å². The third-order valence-electron chi connectivity index (χ3n) is 5.70. The van der Waals surface area contributed by atoms with Gasteiger partial charge in [-0.1, -0.05) is 18.5 Å². The molecule has 2 amide bonds. The molecule has 2 aliphatic rings. The smallest absolute Gasteiger partial charge is 0.319 e. The average molecular weight is 393 g/mol. The molecule has 0 aliphatic carbocycles. The molecule has 0 bridgehead atoms. The molecule has 150 valence electrons. The van der Waals surface area contributed by atoms with Crippen LogP contribution in [0, 0.1) is 5.92 Å². The number of benzene rings is 1. The van der Waals surface area contributed by atoms with Gasteiger partial charge in [-0.05, 0) is 82.3 Å². The second-order valence-corrected chi connectivity index (χ2v) is 8.24. The molecule has 0 aromatic heterocycles. The quantitative estimate of drug-likeness (QED) is 0.745. The van der Waals surface area contributed by atoms with E-state index in [1.165, 1.54) is 32.2 Å². The van der Waals surface area contributed by atoms with Crippen molar-refractivity contribution >= 4 is 29.0 Å². The summed E-state index contributed by atoms with van der Waals surface area (Å²) >= 11 is 6.47. The van der Waals surface area contributed by atoms with E-state index in [1.807, 2.05) is 18.2 Å². The number of nitrogens with one attached hydrogen (secondary N) is 2. The zero-order valence-corrected chi connectivity index (χ0v) is 17.2. The number of likely N-dealkylation sites (tertiary alicyclic amines) is 1. The summed E-state index contributed by atoms with van der Waals surface area (Å²) in [6.07, 6.45) is 7.27. The van der Waals surface area contributed by atoms with Gasteiger partial charge in [0.1, 0.15) is 0 Å². The molecule has 2 aliphatic heterocycles. The van der Waals surface area contributed by atoms with Crippen LogP contribution in [-0.4, -0.2) is 50.2 Å². The Balaban J connectivity index is 1.43. The highest BCUT2D eigenvalue weighted by atomic mass is 35.5. The predicted octanol–water partition coefficient (Wildman–Crippen LogP) is 4.57. The number of piperidine rings is 2. The van der Waals surface area contributed by atoms with E-state index in [2.05, 4.69) is 27.4 Å². The van der Waals surface area contributed by atoms with Crippen LogP contribution in [0.3, 0.4) is 0 Å². The number of nitrogens with zero attached hydrogens (tertiary/aromatic N) is 2. The number of hydrogen-bond acceptors (Lipinski definition) is 3. The van der Waals surface area contributed by atoms with Gasteiger partial charge in [-0.15, -0.1) is 0 Å². The minimum atomic E-state index is -0.146. The van der Waals surface area contributed by atoms with Gasteiger partial charge in [0.2, 0.25) is 0 Å². The van der Waals surface area contributed by atoms with E-state index in [0.29, 0.717) is 10.9 Å². The molecule has 0 radical (unpaired) electrons. The van der Waals surface area contributed by atoms with E-state index >= 15 is 0 Å². The SMILES string of the molecule is CCCN1CCC(CNC(=O)Nc2ccc(N3CCCCC3)c(Cl)c2)CC1. The molecule has 2 heterocycles. The number of amides is 2. The second-order valence-electron chi connectivity index (χ2n) is 7.83. The van der Waals surface area contributed by atoms with Gasteiger partial charge < -0.3 is 20.4 Å². The lowest BCUT2D eigenvalue weighted by molar-refractivity contribution is 0.182. The summed E-state index contributed by atoms with van der Waals surface area (Å²) < 4.78 is 0. The van der Waals surface area contributed by atoms with Crippen LogP contribution in [0.1, 0.15) is 45.4 Å². The molecular weight excluding hydrogens is 360 g/mol. The van der Waals surface area contributed by atoms with Crippen molar-refractivity contribution in [1.29, 1.82) is 0 Å². The Morgan fingerprint density at radius 3 is 2.56 bits per heavy atom. The van der Waals surface area contributed by atoms with Crippen LogP contribution in [0.5, 0.6) is 0 Å². The Kier molecular flexibility index (Phi) is 7.65. The minimum Gasteiger partial charge on any atom is -0.370 e. The first-order chi connectivity index (χ1) is 13.2. The van der Waals surface area contributed by atoms with Gasteiger partial charge in [0, 0.05) is 25.3 Å². The number of hydrogen-bond donors (Lipinski definition) is 2. The first-order valence-corrected chi connectivity index (χ1v) is 10.8. The molecule has 6 heteroatoms. The Bertz CT molecular complexity index is 610. The van der Waals surface area contributed by atoms with Crippen molar-refractivity contribution in [1.82, 2.24) is 10.2 Å². The van der Waals surface area contributed by atoms with Crippen molar-refractivity contribution in [3.63, 3.8) is 0 Å². The van der Waals surface area contributed by atoms with Crippen LogP contribution in [0.4, 0.5) is 16.2 Å². The summed E-state index contributed by atoms with van der Waals surface area (Å²) in [5.74, 6) is 0.578. The van der Waals surface area contributed by atoms with E-state index in [1.54, 1.807) is 0 Å². The number of urea groups is 1. The minimum absolute atomic E-state index is 0.146. The van der Waals surface area contributed by atoms with E-state index in [9.17, 15) is 4.79 Å². The number of halogens is 1. The number of carbonyl (C=O) groups is 1. The zero-order chi connectivity index (χ0) is 19.1. The Labute approximate surface area is 168 Å². The van der Waals surface area contributed by atoms with Crippen molar-refractivity contribution in [3.8, 4) is 0 Å². The molecule has 0 saturated carbocycles. The van der Waals surface area contributed by atoms with Gasteiger partial charge in [-0.25, -0.2) is 4.79 Å². The normalized spacial score (nSPS) is 19.1. The van der Waals surface area contributed by atoms with Crippen molar-refractivity contribution < 1.29 is 4.79 Å². The van der Waals surface area contributed by atoms with Gasteiger partial charge in [-0.2, -0.15) is 0 Å². The largest absolute Gasteiger partial charge is 0.370 e. The zero-order valence-electron chi connectivity index (χ0n) is 16.5. The lowest BCUT2D eigenvalue weighted by Gasteiger charge is -2.31.